The molecule has 2 aromatic rings. The lowest BCUT2D eigenvalue weighted by Gasteiger charge is -2.25. The lowest BCUT2D eigenvalue weighted by Crippen LogP contribution is -2.39. The standard InChI is InChI=1S/C23H32N2O5/c26-20-9-14-25(23(28)10-13-24-11-3-4-12-24)15-17-30-22-8-2-1-6-19(22)7-5-16-29-18-21(20)27/h1-4,6,8,11-12,20-21,26-27H,5,7,9-10,13-18H2/t20-,21+/m0/s1. The summed E-state index contributed by atoms with van der Waals surface area (Å²) in [5, 5.41) is 20.4. The number of carbonyl (C=O) groups is 1. The molecule has 2 N–H and O–H groups in total. The van der Waals surface area contributed by atoms with Gasteiger partial charge in [-0.1, -0.05) is 18.2 Å². The fourth-order valence-corrected chi connectivity index (χ4v) is 3.54. The lowest BCUT2D eigenvalue weighted by molar-refractivity contribution is -0.132. The Kier molecular flexibility index (Phi) is 8.74. The van der Waals surface area contributed by atoms with Gasteiger partial charge in [-0.05, 0) is 43.0 Å². The van der Waals surface area contributed by atoms with Crippen molar-refractivity contribution >= 4 is 5.91 Å². The van der Waals surface area contributed by atoms with E-state index in [2.05, 4.69) is 0 Å². The van der Waals surface area contributed by atoms with E-state index in [4.69, 9.17) is 9.47 Å². The van der Waals surface area contributed by atoms with Crippen molar-refractivity contribution in [1.29, 1.82) is 0 Å². The van der Waals surface area contributed by atoms with E-state index in [0.29, 0.717) is 39.3 Å². The Labute approximate surface area is 177 Å². The Bertz CT molecular complexity index is 765. The van der Waals surface area contributed by atoms with Crippen LogP contribution in [-0.2, 0) is 22.5 Å². The molecule has 1 amide bonds. The van der Waals surface area contributed by atoms with Crippen LogP contribution in [-0.4, -0.2) is 70.7 Å². The molecule has 1 aliphatic rings. The van der Waals surface area contributed by atoms with Crippen molar-refractivity contribution in [2.45, 2.75) is 44.4 Å². The summed E-state index contributed by atoms with van der Waals surface area (Å²) in [6, 6.07) is 11.8. The van der Waals surface area contributed by atoms with Crippen molar-refractivity contribution in [3.8, 4) is 5.75 Å². The quantitative estimate of drug-likeness (QED) is 0.798. The second-order valence-corrected chi connectivity index (χ2v) is 7.61. The zero-order chi connectivity index (χ0) is 21.2. The lowest BCUT2D eigenvalue weighted by atomic mass is 10.1. The molecule has 30 heavy (non-hydrogen) atoms. The molecule has 2 heterocycles. The third-order valence-electron chi connectivity index (χ3n) is 5.36. The van der Waals surface area contributed by atoms with Crippen molar-refractivity contribution in [3.63, 3.8) is 0 Å². The smallest absolute Gasteiger partial charge is 0.224 e. The molecule has 0 saturated carbocycles. The minimum atomic E-state index is -0.963. The number of aromatic nitrogens is 1. The molecule has 0 bridgehead atoms. The van der Waals surface area contributed by atoms with Gasteiger partial charge in [0.25, 0.3) is 0 Å². The number of carbonyl (C=O) groups excluding carboxylic acids is 1. The molecule has 0 radical (unpaired) electrons. The number of nitrogens with zero attached hydrogens (tertiary/aromatic N) is 2. The van der Waals surface area contributed by atoms with Crippen LogP contribution in [0.5, 0.6) is 5.75 Å². The molecular weight excluding hydrogens is 384 g/mol. The molecule has 0 unspecified atom stereocenters. The van der Waals surface area contributed by atoms with Crippen LogP contribution in [0.3, 0.4) is 0 Å². The highest BCUT2D eigenvalue weighted by Crippen LogP contribution is 2.20. The van der Waals surface area contributed by atoms with Crippen LogP contribution >= 0.6 is 0 Å². The maximum absolute atomic E-state index is 12.8. The molecule has 0 spiro atoms. The SMILES string of the molecule is O=C(CCn1cccc1)N1CCOc2ccccc2CCCOC[C@@H](O)[C@@H](O)CC1. The number of hydrogen-bond acceptors (Lipinski definition) is 5. The molecule has 1 aromatic carbocycles. The Balaban J connectivity index is 1.65. The number of aliphatic hydroxyl groups excluding tert-OH is 2. The fraction of sp³-hybridized carbons (Fsp3) is 0.522. The Hall–Kier alpha value is -2.35. The molecule has 3 rings (SSSR count). The average molecular weight is 417 g/mol. The van der Waals surface area contributed by atoms with E-state index in [1.807, 2.05) is 53.4 Å². The van der Waals surface area contributed by atoms with Gasteiger partial charge in [-0.2, -0.15) is 0 Å². The second-order valence-electron chi connectivity index (χ2n) is 7.61. The number of ether oxygens (including phenoxy) is 2. The first-order valence-electron chi connectivity index (χ1n) is 10.7. The highest BCUT2D eigenvalue weighted by Gasteiger charge is 2.21. The van der Waals surface area contributed by atoms with E-state index in [9.17, 15) is 15.0 Å². The van der Waals surface area contributed by atoms with E-state index in [-0.39, 0.29) is 18.9 Å². The molecule has 164 valence electrons. The van der Waals surface area contributed by atoms with E-state index >= 15 is 0 Å². The summed E-state index contributed by atoms with van der Waals surface area (Å²) >= 11 is 0. The number of fused-ring (bicyclic) bond motifs is 1. The van der Waals surface area contributed by atoms with Crippen LogP contribution in [0.25, 0.3) is 0 Å². The van der Waals surface area contributed by atoms with Gasteiger partial charge in [0.1, 0.15) is 18.5 Å². The van der Waals surface area contributed by atoms with Crippen molar-refractivity contribution in [3.05, 3.63) is 54.4 Å². The highest BCUT2D eigenvalue weighted by molar-refractivity contribution is 5.76. The van der Waals surface area contributed by atoms with Crippen LogP contribution < -0.4 is 4.74 Å². The number of benzene rings is 1. The average Bonchev–Trinajstić information content (AvgIpc) is 3.27. The number of aryl methyl sites for hydroxylation is 2. The summed E-state index contributed by atoms with van der Waals surface area (Å²) in [5.41, 5.74) is 1.10. The zero-order valence-corrected chi connectivity index (χ0v) is 17.4. The molecule has 7 heteroatoms. The summed E-state index contributed by atoms with van der Waals surface area (Å²) in [7, 11) is 0. The van der Waals surface area contributed by atoms with E-state index < -0.39 is 12.2 Å². The Morgan fingerprint density at radius 3 is 2.67 bits per heavy atom. The summed E-state index contributed by atoms with van der Waals surface area (Å²) in [5.74, 6) is 0.829. The van der Waals surface area contributed by atoms with E-state index in [1.165, 1.54) is 0 Å². The first kappa shape index (κ1) is 22.3. The van der Waals surface area contributed by atoms with Gasteiger partial charge < -0.3 is 29.2 Å². The summed E-state index contributed by atoms with van der Waals surface area (Å²) in [6.45, 7) is 2.35. The molecular formula is C23H32N2O5. The highest BCUT2D eigenvalue weighted by atomic mass is 16.5. The number of hydrogen-bond donors (Lipinski definition) is 2. The topological polar surface area (TPSA) is 84.2 Å². The summed E-state index contributed by atoms with van der Waals surface area (Å²) < 4.78 is 13.5. The van der Waals surface area contributed by atoms with Gasteiger partial charge in [0.05, 0.1) is 19.3 Å². The van der Waals surface area contributed by atoms with Crippen molar-refractivity contribution in [1.82, 2.24) is 9.47 Å². The molecule has 2 atom stereocenters. The minimum Gasteiger partial charge on any atom is -0.491 e. The first-order chi connectivity index (χ1) is 14.6. The van der Waals surface area contributed by atoms with Gasteiger partial charge in [-0.3, -0.25) is 4.79 Å². The van der Waals surface area contributed by atoms with Crippen LogP contribution in [0.2, 0.25) is 0 Å². The Morgan fingerprint density at radius 1 is 1.03 bits per heavy atom. The largest absolute Gasteiger partial charge is 0.491 e. The van der Waals surface area contributed by atoms with Gasteiger partial charge in [-0.15, -0.1) is 0 Å². The van der Waals surface area contributed by atoms with Crippen molar-refractivity contribution in [2.75, 3.05) is 32.9 Å². The molecule has 7 nitrogen and oxygen atoms in total. The van der Waals surface area contributed by atoms with Gasteiger partial charge in [0.15, 0.2) is 0 Å². The van der Waals surface area contributed by atoms with Crippen LogP contribution in [0.4, 0.5) is 0 Å². The van der Waals surface area contributed by atoms with Crippen LogP contribution in [0, 0.1) is 0 Å². The van der Waals surface area contributed by atoms with Crippen molar-refractivity contribution in [2.24, 2.45) is 0 Å². The predicted molar refractivity (Wildman–Crippen MR) is 113 cm³/mol. The van der Waals surface area contributed by atoms with Crippen molar-refractivity contribution < 1.29 is 24.5 Å². The predicted octanol–water partition coefficient (Wildman–Crippen LogP) is 1.86. The molecule has 0 fully saturated rings. The molecule has 1 aromatic heterocycles. The van der Waals surface area contributed by atoms with Crippen LogP contribution in [0.15, 0.2) is 48.8 Å². The van der Waals surface area contributed by atoms with Crippen LogP contribution in [0.1, 0.15) is 24.8 Å². The number of amides is 1. The molecule has 1 aliphatic heterocycles. The van der Waals surface area contributed by atoms with Gasteiger partial charge >= 0.3 is 0 Å². The maximum atomic E-state index is 12.8. The van der Waals surface area contributed by atoms with Gasteiger partial charge in [0.2, 0.25) is 5.91 Å². The maximum Gasteiger partial charge on any atom is 0.224 e. The van der Waals surface area contributed by atoms with Gasteiger partial charge in [-0.25, -0.2) is 0 Å². The van der Waals surface area contributed by atoms with E-state index in [1.54, 1.807) is 4.90 Å². The molecule has 0 aliphatic carbocycles. The second kappa shape index (κ2) is 11.7. The first-order valence-corrected chi connectivity index (χ1v) is 10.7. The molecule has 0 saturated heterocycles. The Morgan fingerprint density at radius 2 is 1.83 bits per heavy atom. The number of para-hydroxylation sites is 1. The third-order valence-corrected chi connectivity index (χ3v) is 5.36. The minimum absolute atomic E-state index is 0.00263. The fourth-order valence-electron chi connectivity index (χ4n) is 3.54. The number of rotatable bonds is 3. The normalized spacial score (nSPS) is 21.7. The summed E-state index contributed by atoms with van der Waals surface area (Å²) in [6.07, 6.45) is 4.21. The van der Waals surface area contributed by atoms with Gasteiger partial charge in [0, 0.05) is 38.5 Å². The zero-order valence-electron chi connectivity index (χ0n) is 17.4. The monoisotopic (exact) mass is 416 g/mol. The van der Waals surface area contributed by atoms with E-state index in [0.717, 1.165) is 24.2 Å². The summed E-state index contributed by atoms with van der Waals surface area (Å²) in [4.78, 5) is 14.5. The third kappa shape index (κ3) is 6.86. The number of aliphatic hydroxyl groups is 2.